The van der Waals surface area contributed by atoms with Crippen molar-refractivity contribution in [2.45, 2.75) is 18.8 Å². The number of benzene rings is 1. The van der Waals surface area contributed by atoms with Crippen LogP contribution in [0.25, 0.3) is 16.9 Å². The Hall–Kier alpha value is -2.77. The summed E-state index contributed by atoms with van der Waals surface area (Å²) in [6.07, 6.45) is 1.84. The van der Waals surface area contributed by atoms with E-state index in [4.69, 9.17) is 4.74 Å². The van der Waals surface area contributed by atoms with Gasteiger partial charge in [0.25, 0.3) is 5.92 Å². The van der Waals surface area contributed by atoms with Crippen LogP contribution in [0.1, 0.15) is 12.8 Å². The van der Waals surface area contributed by atoms with Crippen LogP contribution in [0, 0.1) is 0 Å². The lowest BCUT2D eigenvalue weighted by Gasteiger charge is -2.34. The predicted molar refractivity (Wildman–Crippen MR) is 89.2 cm³/mol. The highest BCUT2D eigenvalue weighted by atomic mass is 19.3. The average molecular weight is 345 g/mol. The fraction of sp³-hybridized carbons (Fsp3) is 0.353. The summed E-state index contributed by atoms with van der Waals surface area (Å²) < 4.78 is 34.4. The van der Waals surface area contributed by atoms with E-state index in [2.05, 4.69) is 15.3 Å². The van der Waals surface area contributed by atoms with Gasteiger partial charge >= 0.3 is 0 Å². The second-order valence-corrected chi connectivity index (χ2v) is 6.12. The molecule has 0 amide bonds. The standard InChI is InChI=1S/C17H17F2N5O/c1-25-13-5-3-12(4-6-13)14-9-15(16-21-20-11-24(16)22-14)23-8-2-7-17(18,19)10-23/h3-6,9,11H,2,7-8,10H2,1H3. The molecule has 0 aliphatic carbocycles. The van der Waals surface area contributed by atoms with Crippen molar-refractivity contribution in [2.24, 2.45) is 0 Å². The molecule has 0 saturated carbocycles. The van der Waals surface area contributed by atoms with Crippen LogP contribution in [0.5, 0.6) is 5.75 Å². The number of ether oxygens (including phenoxy) is 1. The lowest BCUT2D eigenvalue weighted by atomic mass is 10.1. The van der Waals surface area contributed by atoms with Gasteiger partial charge in [-0.2, -0.15) is 9.61 Å². The van der Waals surface area contributed by atoms with Crippen LogP contribution in [-0.2, 0) is 0 Å². The normalized spacial score (nSPS) is 17.0. The Bertz CT molecular complexity index is 894. The van der Waals surface area contributed by atoms with Crippen molar-refractivity contribution in [3.63, 3.8) is 0 Å². The Labute approximate surface area is 143 Å². The molecular formula is C17H17F2N5O. The van der Waals surface area contributed by atoms with Crippen molar-refractivity contribution in [2.75, 3.05) is 25.1 Å². The SMILES string of the molecule is COc1ccc(-c2cc(N3CCCC(F)(F)C3)c3nncn3n2)cc1. The molecule has 4 rings (SSSR count). The highest BCUT2D eigenvalue weighted by Crippen LogP contribution is 2.33. The summed E-state index contributed by atoms with van der Waals surface area (Å²) in [4.78, 5) is 1.67. The van der Waals surface area contributed by atoms with E-state index in [0.29, 0.717) is 30.0 Å². The third-order valence-electron chi connectivity index (χ3n) is 4.37. The minimum absolute atomic E-state index is 0.0805. The molecular weight excluding hydrogens is 328 g/mol. The maximum atomic E-state index is 13.9. The van der Waals surface area contributed by atoms with Crippen molar-refractivity contribution in [1.82, 2.24) is 19.8 Å². The summed E-state index contributed by atoms with van der Waals surface area (Å²) >= 11 is 0. The smallest absolute Gasteiger partial charge is 0.265 e. The van der Waals surface area contributed by atoms with Gasteiger partial charge in [-0.25, -0.2) is 8.78 Å². The zero-order chi connectivity index (χ0) is 17.4. The van der Waals surface area contributed by atoms with E-state index in [-0.39, 0.29) is 13.0 Å². The quantitative estimate of drug-likeness (QED) is 0.730. The number of piperidine rings is 1. The first-order valence-corrected chi connectivity index (χ1v) is 8.04. The van der Waals surface area contributed by atoms with E-state index < -0.39 is 5.92 Å². The maximum Gasteiger partial charge on any atom is 0.265 e. The Morgan fingerprint density at radius 2 is 2.00 bits per heavy atom. The first kappa shape index (κ1) is 15.7. The minimum Gasteiger partial charge on any atom is -0.497 e. The fourth-order valence-corrected chi connectivity index (χ4v) is 3.12. The largest absolute Gasteiger partial charge is 0.497 e. The van der Waals surface area contributed by atoms with Crippen molar-refractivity contribution >= 4 is 11.3 Å². The highest BCUT2D eigenvalue weighted by molar-refractivity contribution is 5.74. The van der Waals surface area contributed by atoms with Gasteiger partial charge in [0.15, 0.2) is 0 Å². The summed E-state index contributed by atoms with van der Waals surface area (Å²) in [6, 6.07) is 9.23. The zero-order valence-electron chi connectivity index (χ0n) is 13.7. The summed E-state index contributed by atoms with van der Waals surface area (Å²) in [7, 11) is 1.60. The van der Waals surface area contributed by atoms with E-state index in [1.807, 2.05) is 24.3 Å². The van der Waals surface area contributed by atoms with Crippen LogP contribution in [0.3, 0.4) is 0 Å². The Balaban J connectivity index is 1.79. The number of methoxy groups -OCH3 is 1. The van der Waals surface area contributed by atoms with Gasteiger partial charge in [-0.1, -0.05) is 0 Å². The third kappa shape index (κ3) is 2.99. The average Bonchev–Trinajstić information content (AvgIpc) is 3.08. The molecule has 0 bridgehead atoms. The number of halogens is 2. The first-order chi connectivity index (χ1) is 12.1. The van der Waals surface area contributed by atoms with Crippen LogP contribution in [-0.4, -0.2) is 45.9 Å². The summed E-state index contributed by atoms with van der Waals surface area (Å²) in [6.45, 7) is 0.242. The van der Waals surface area contributed by atoms with E-state index in [0.717, 1.165) is 11.3 Å². The molecule has 2 aromatic heterocycles. The summed E-state index contributed by atoms with van der Waals surface area (Å²) in [5, 5.41) is 12.4. The molecule has 3 aromatic rings. The molecule has 130 valence electrons. The van der Waals surface area contributed by atoms with Gasteiger partial charge in [0.1, 0.15) is 12.1 Å². The van der Waals surface area contributed by atoms with Gasteiger partial charge in [0, 0.05) is 18.5 Å². The van der Waals surface area contributed by atoms with Crippen molar-refractivity contribution in [3.8, 4) is 17.0 Å². The molecule has 0 atom stereocenters. The Morgan fingerprint density at radius 1 is 1.20 bits per heavy atom. The van der Waals surface area contributed by atoms with Crippen LogP contribution in [0.15, 0.2) is 36.7 Å². The molecule has 25 heavy (non-hydrogen) atoms. The van der Waals surface area contributed by atoms with E-state index >= 15 is 0 Å². The number of nitrogens with zero attached hydrogens (tertiary/aromatic N) is 5. The van der Waals surface area contributed by atoms with E-state index in [1.54, 1.807) is 18.1 Å². The molecule has 0 spiro atoms. The van der Waals surface area contributed by atoms with Crippen LogP contribution in [0.4, 0.5) is 14.5 Å². The Kier molecular flexibility index (Phi) is 3.74. The summed E-state index contributed by atoms with van der Waals surface area (Å²) in [5.74, 6) is -1.95. The first-order valence-electron chi connectivity index (χ1n) is 8.04. The summed E-state index contributed by atoms with van der Waals surface area (Å²) in [5.41, 5.74) is 2.63. The number of aromatic nitrogens is 4. The van der Waals surface area contributed by atoms with E-state index in [9.17, 15) is 8.78 Å². The number of anilines is 1. The molecule has 1 aliphatic rings. The maximum absolute atomic E-state index is 13.9. The van der Waals surface area contributed by atoms with Crippen LogP contribution >= 0.6 is 0 Å². The highest BCUT2D eigenvalue weighted by Gasteiger charge is 2.36. The van der Waals surface area contributed by atoms with Gasteiger partial charge < -0.3 is 9.64 Å². The molecule has 8 heteroatoms. The van der Waals surface area contributed by atoms with Crippen molar-refractivity contribution < 1.29 is 13.5 Å². The fourth-order valence-electron chi connectivity index (χ4n) is 3.12. The Morgan fingerprint density at radius 3 is 2.72 bits per heavy atom. The van der Waals surface area contributed by atoms with Crippen molar-refractivity contribution in [1.29, 1.82) is 0 Å². The van der Waals surface area contributed by atoms with E-state index in [1.165, 1.54) is 10.8 Å². The lowest BCUT2D eigenvalue weighted by Crippen LogP contribution is -2.42. The lowest BCUT2D eigenvalue weighted by molar-refractivity contribution is -0.0116. The van der Waals surface area contributed by atoms with Crippen LogP contribution in [0.2, 0.25) is 0 Å². The van der Waals surface area contributed by atoms with Crippen molar-refractivity contribution in [3.05, 3.63) is 36.7 Å². The van der Waals surface area contributed by atoms with Gasteiger partial charge in [0.2, 0.25) is 5.65 Å². The van der Waals surface area contributed by atoms with Gasteiger partial charge in [-0.05, 0) is 36.8 Å². The second-order valence-electron chi connectivity index (χ2n) is 6.12. The number of rotatable bonds is 3. The molecule has 1 fully saturated rings. The monoisotopic (exact) mass is 345 g/mol. The minimum atomic E-state index is -2.70. The van der Waals surface area contributed by atoms with Gasteiger partial charge in [-0.15, -0.1) is 10.2 Å². The zero-order valence-corrected chi connectivity index (χ0v) is 13.7. The number of hydrogen-bond acceptors (Lipinski definition) is 5. The topological polar surface area (TPSA) is 55.5 Å². The number of hydrogen-bond donors (Lipinski definition) is 0. The van der Waals surface area contributed by atoms with Crippen LogP contribution < -0.4 is 9.64 Å². The number of alkyl halides is 2. The molecule has 1 aromatic carbocycles. The third-order valence-corrected chi connectivity index (χ3v) is 4.37. The molecule has 1 aliphatic heterocycles. The van der Waals surface area contributed by atoms with Gasteiger partial charge in [-0.3, -0.25) is 0 Å². The van der Waals surface area contributed by atoms with Gasteiger partial charge in [0.05, 0.1) is 25.0 Å². The molecule has 0 radical (unpaired) electrons. The molecule has 3 heterocycles. The molecule has 1 saturated heterocycles. The number of fused-ring (bicyclic) bond motifs is 1. The molecule has 6 nitrogen and oxygen atoms in total. The molecule has 0 N–H and O–H groups in total. The molecule has 0 unspecified atom stereocenters. The second kappa shape index (κ2) is 5.94. The predicted octanol–water partition coefficient (Wildman–Crippen LogP) is 3.04.